The molecule has 3 rings (SSSR count). The second-order valence-corrected chi connectivity index (χ2v) is 5.43. The summed E-state index contributed by atoms with van der Waals surface area (Å²) >= 11 is 1.66. The van der Waals surface area contributed by atoms with Gasteiger partial charge < -0.3 is 5.32 Å². The first-order valence-electron chi connectivity index (χ1n) is 6.19. The highest BCUT2D eigenvalue weighted by molar-refractivity contribution is 7.17. The molecule has 0 amide bonds. The van der Waals surface area contributed by atoms with Crippen molar-refractivity contribution in [3.05, 3.63) is 36.2 Å². The van der Waals surface area contributed by atoms with Gasteiger partial charge in [0.2, 0.25) is 0 Å². The van der Waals surface area contributed by atoms with Gasteiger partial charge >= 0.3 is 0 Å². The Morgan fingerprint density at radius 1 is 1.32 bits per heavy atom. The van der Waals surface area contributed by atoms with Crippen LogP contribution in [-0.4, -0.2) is 25.8 Å². The van der Waals surface area contributed by atoms with Gasteiger partial charge in [-0.15, -0.1) is 11.3 Å². The van der Waals surface area contributed by atoms with Crippen molar-refractivity contribution in [1.82, 2.24) is 19.7 Å². The van der Waals surface area contributed by atoms with Crippen LogP contribution in [0, 0.1) is 0 Å². The largest absolute Gasteiger partial charge is 0.364 e. The lowest BCUT2D eigenvalue weighted by Gasteiger charge is -2.22. The molecule has 0 aromatic carbocycles. The average molecular weight is 273 g/mol. The van der Waals surface area contributed by atoms with E-state index in [0.717, 1.165) is 16.0 Å². The molecule has 0 aliphatic rings. The Kier molecular flexibility index (Phi) is 3.16. The van der Waals surface area contributed by atoms with E-state index in [4.69, 9.17) is 0 Å². The summed E-state index contributed by atoms with van der Waals surface area (Å²) in [6, 6.07) is 4.42. The van der Waals surface area contributed by atoms with E-state index in [1.54, 1.807) is 23.9 Å². The van der Waals surface area contributed by atoms with Crippen molar-refractivity contribution in [3.63, 3.8) is 0 Å². The number of anilines is 1. The van der Waals surface area contributed by atoms with Crippen LogP contribution >= 0.6 is 11.3 Å². The average Bonchev–Trinajstić information content (AvgIpc) is 3.09. The zero-order valence-electron chi connectivity index (χ0n) is 10.8. The number of nitrogens with zero attached hydrogens (tertiary/aromatic N) is 4. The fourth-order valence-corrected chi connectivity index (χ4v) is 2.78. The molecule has 0 fully saturated rings. The number of thiophene rings is 1. The molecule has 0 radical (unpaired) electrons. The highest BCUT2D eigenvalue weighted by Crippen LogP contribution is 2.26. The molecule has 0 unspecified atom stereocenters. The molecule has 5 nitrogen and oxygen atoms in total. The fourth-order valence-electron chi connectivity index (χ4n) is 1.98. The van der Waals surface area contributed by atoms with E-state index in [2.05, 4.69) is 34.2 Å². The normalized spacial score (nSPS) is 14.4. The van der Waals surface area contributed by atoms with Crippen LogP contribution in [0.25, 0.3) is 10.2 Å². The molecule has 0 saturated carbocycles. The van der Waals surface area contributed by atoms with Crippen LogP contribution in [0.1, 0.15) is 19.9 Å². The summed E-state index contributed by atoms with van der Waals surface area (Å²) in [5.41, 5.74) is 0.987. The quantitative estimate of drug-likeness (QED) is 0.794. The minimum atomic E-state index is 0.222. The van der Waals surface area contributed by atoms with Gasteiger partial charge in [0.15, 0.2) is 0 Å². The van der Waals surface area contributed by atoms with Crippen molar-refractivity contribution in [2.75, 3.05) is 5.32 Å². The summed E-state index contributed by atoms with van der Waals surface area (Å²) in [5, 5.41) is 9.77. The van der Waals surface area contributed by atoms with Gasteiger partial charge in [-0.2, -0.15) is 5.10 Å². The Morgan fingerprint density at radius 3 is 3.00 bits per heavy atom. The molecule has 3 aromatic heterocycles. The van der Waals surface area contributed by atoms with Gasteiger partial charge in [-0.1, -0.05) is 0 Å². The Balaban J connectivity index is 1.83. The Hall–Kier alpha value is -1.95. The third-order valence-electron chi connectivity index (χ3n) is 3.27. The first-order chi connectivity index (χ1) is 9.25. The van der Waals surface area contributed by atoms with Crippen molar-refractivity contribution in [1.29, 1.82) is 0 Å². The highest BCUT2D eigenvalue weighted by Gasteiger charge is 2.16. The van der Waals surface area contributed by atoms with Crippen molar-refractivity contribution >= 4 is 27.4 Å². The Morgan fingerprint density at radius 2 is 2.21 bits per heavy atom. The molecule has 1 N–H and O–H groups in total. The number of nitrogens with one attached hydrogen (secondary N) is 1. The second kappa shape index (κ2) is 4.97. The van der Waals surface area contributed by atoms with Gasteiger partial charge in [-0.3, -0.25) is 4.68 Å². The highest BCUT2D eigenvalue weighted by atomic mass is 32.1. The van der Waals surface area contributed by atoms with Crippen LogP contribution in [-0.2, 0) is 0 Å². The van der Waals surface area contributed by atoms with Crippen LogP contribution < -0.4 is 5.32 Å². The smallest absolute Gasteiger partial charge is 0.147 e. The molecule has 0 spiro atoms. The molecule has 3 aromatic rings. The number of fused-ring (bicyclic) bond motifs is 1. The summed E-state index contributed by atoms with van der Waals surface area (Å²) in [6.45, 7) is 4.27. The topological polar surface area (TPSA) is 55.6 Å². The molecular weight excluding hydrogens is 258 g/mol. The number of aromatic nitrogens is 4. The molecule has 0 saturated heterocycles. The van der Waals surface area contributed by atoms with Crippen molar-refractivity contribution in [2.24, 2.45) is 0 Å². The van der Waals surface area contributed by atoms with Crippen LogP contribution in [0.2, 0.25) is 0 Å². The predicted molar refractivity (Wildman–Crippen MR) is 77.4 cm³/mol. The molecule has 0 aliphatic heterocycles. The summed E-state index contributed by atoms with van der Waals surface area (Å²) in [5.74, 6) is 0.895. The minimum Gasteiger partial charge on any atom is -0.364 e. The molecule has 19 heavy (non-hydrogen) atoms. The van der Waals surface area contributed by atoms with Gasteiger partial charge in [-0.25, -0.2) is 9.97 Å². The maximum absolute atomic E-state index is 4.34. The lowest BCUT2D eigenvalue weighted by Crippen LogP contribution is -2.27. The van der Waals surface area contributed by atoms with Crippen LogP contribution in [0.3, 0.4) is 0 Å². The third kappa shape index (κ3) is 2.31. The lowest BCUT2D eigenvalue weighted by molar-refractivity contribution is 0.443. The van der Waals surface area contributed by atoms with Gasteiger partial charge in [0.1, 0.15) is 12.1 Å². The maximum atomic E-state index is 4.34. The summed E-state index contributed by atoms with van der Waals surface area (Å²) < 4.78 is 3.05. The SMILES string of the molecule is C[C@@H](Nc1ncnc2ccsc12)[C@H](C)n1cccn1. The molecule has 6 heteroatoms. The van der Waals surface area contributed by atoms with E-state index in [0.29, 0.717) is 0 Å². The minimum absolute atomic E-state index is 0.222. The third-order valence-corrected chi connectivity index (χ3v) is 4.18. The van der Waals surface area contributed by atoms with Gasteiger partial charge in [-0.05, 0) is 31.4 Å². The van der Waals surface area contributed by atoms with E-state index >= 15 is 0 Å². The maximum Gasteiger partial charge on any atom is 0.147 e. The van der Waals surface area contributed by atoms with Gasteiger partial charge in [0, 0.05) is 18.4 Å². The van der Waals surface area contributed by atoms with Gasteiger partial charge in [0.25, 0.3) is 0 Å². The summed E-state index contributed by atoms with van der Waals surface area (Å²) in [4.78, 5) is 8.59. The second-order valence-electron chi connectivity index (χ2n) is 4.52. The molecule has 0 bridgehead atoms. The monoisotopic (exact) mass is 273 g/mol. The Labute approximate surface area is 115 Å². The van der Waals surface area contributed by atoms with Crippen molar-refractivity contribution in [2.45, 2.75) is 25.9 Å². The van der Waals surface area contributed by atoms with Gasteiger partial charge in [0.05, 0.1) is 16.3 Å². The van der Waals surface area contributed by atoms with E-state index in [9.17, 15) is 0 Å². The number of hydrogen-bond acceptors (Lipinski definition) is 5. The van der Waals surface area contributed by atoms with Crippen LogP contribution in [0.4, 0.5) is 5.82 Å². The molecular formula is C13H15N5S. The first-order valence-corrected chi connectivity index (χ1v) is 7.07. The van der Waals surface area contributed by atoms with Crippen LogP contribution in [0.15, 0.2) is 36.2 Å². The fraction of sp³-hybridized carbons (Fsp3) is 0.308. The van der Waals surface area contributed by atoms with E-state index in [-0.39, 0.29) is 12.1 Å². The Bertz CT molecular complexity index is 661. The predicted octanol–water partition coefficient (Wildman–Crippen LogP) is 2.95. The zero-order chi connectivity index (χ0) is 13.2. The number of rotatable bonds is 4. The molecule has 2 atom stereocenters. The van der Waals surface area contributed by atoms with Crippen molar-refractivity contribution < 1.29 is 0 Å². The van der Waals surface area contributed by atoms with Crippen molar-refractivity contribution in [3.8, 4) is 0 Å². The zero-order valence-corrected chi connectivity index (χ0v) is 11.6. The molecule has 98 valence electrons. The summed E-state index contributed by atoms with van der Waals surface area (Å²) in [6.07, 6.45) is 5.37. The summed E-state index contributed by atoms with van der Waals surface area (Å²) in [7, 11) is 0. The molecule has 0 aliphatic carbocycles. The first kappa shape index (κ1) is 12.1. The lowest BCUT2D eigenvalue weighted by atomic mass is 10.2. The number of hydrogen-bond donors (Lipinski definition) is 1. The van der Waals surface area contributed by atoms with E-state index in [1.807, 2.05) is 28.4 Å². The standard InChI is InChI=1S/C13H15N5S/c1-9(10(2)18-6-3-5-16-18)17-13-12-11(4-7-19-12)14-8-15-13/h3-10H,1-2H3,(H,14,15,17)/t9-,10+/m1/s1. The van der Waals surface area contributed by atoms with Crippen LogP contribution in [0.5, 0.6) is 0 Å². The van der Waals surface area contributed by atoms with E-state index < -0.39 is 0 Å². The van der Waals surface area contributed by atoms with E-state index in [1.165, 1.54) is 0 Å². The molecule has 3 heterocycles.